The van der Waals surface area contributed by atoms with Gasteiger partial charge >= 0.3 is 5.97 Å². The van der Waals surface area contributed by atoms with Crippen LogP contribution in [0.4, 0.5) is 0 Å². The lowest BCUT2D eigenvalue weighted by molar-refractivity contribution is -0.146. The molecule has 17 heavy (non-hydrogen) atoms. The Morgan fingerprint density at radius 2 is 2.24 bits per heavy atom. The molecule has 0 spiro atoms. The molecule has 0 aliphatic heterocycles. The summed E-state index contributed by atoms with van der Waals surface area (Å²) in [4.78, 5) is 29.6. The third kappa shape index (κ3) is 2.64. The average Bonchev–Trinajstić information content (AvgIpc) is 2.96. The summed E-state index contributed by atoms with van der Waals surface area (Å²) in [5, 5.41) is 11.7. The van der Waals surface area contributed by atoms with Crippen molar-refractivity contribution in [3.63, 3.8) is 0 Å². The molecule has 2 atom stereocenters. The molecule has 3 N–H and O–H groups in total. The third-order valence-corrected chi connectivity index (χ3v) is 3.15. The zero-order chi connectivity index (χ0) is 12.3. The van der Waals surface area contributed by atoms with Gasteiger partial charge in [0.05, 0.1) is 18.4 Å². The highest BCUT2D eigenvalue weighted by Gasteiger charge is 2.37. The fraction of sp³-hybridized carbons (Fsp3) is 0.545. The molecule has 92 valence electrons. The van der Waals surface area contributed by atoms with E-state index in [2.05, 4.69) is 15.3 Å². The molecule has 1 fully saturated rings. The Morgan fingerprint density at radius 3 is 2.88 bits per heavy atom. The number of nitrogens with one attached hydrogen (secondary N) is 2. The van der Waals surface area contributed by atoms with Gasteiger partial charge < -0.3 is 15.4 Å². The lowest BCUT2D eigenvalue weighted by Gasteiger charge is -2.14. The molecule has 0 aromatic carbocycles. The van der Waals surface area contributed by atoms with Crippen molar-refractivity contribution in [3.05, 3.63) is 18.2 Å². The minimum Gasteiger partial charge on any atom is -0.481 e. The molecule has 1 aromatic heterocycles. The molecule has 1 heterocycles. The number of aromatic nitrogens is 2. The van der Waals surface area contributed by atoms with E-state index in [9.17, 15) is 9.59 Å². The van der Waals surface area contributed by atoms with Crippen molar-refractivity contribution in [3.8, 4) is 0 Å². The van der Waals surface area contributed by atoms with Crippen LogP contribution in [0.25, 0.3) is 0 Å². The van der Waals surface area contributed by atoms with Gasteiger partial charge in [-0.25, -0.2) is 4.98 Å². The summed E-state index contributed by atoms with van der Waals surface area (Å²) in [5.41, 5.74) is 0. The third-order valence-electron chi connectivity index (χ3n) is 3.15. The van der Waals surface area contributed by atoms with Crippen LogP contribution in [-0.4, -0.2) is 27.0 Å². The van der Waals surface area contributed by atoms with E-state index < -0.39 is 17.8 Å². The van der Waals surface area contributed by atoms with Crippen LogP contribution in [0.2, 0.25) is 0 Å². The van der Waals surface area contributed by atoms with Gasteiger partial charge in [-0.05, 0) is 12.8 Å². The molecule has 1 aromatic rings. The Balaban J connectivity index is 1.89. The maximum absolute atomic E-state index is 11.8. The summed E-state index contributed by atoms with van der Waals surface area (Å²) < 4.78 is 0. The predicted octanol–water partition coefficient (Wildman–Crippen LogP) is 0.527. The molecule has 2 rings (SSSR count). The van der Waals surface area contributed by atoms with Crippen molar-refractivity contribution in [1.29, 1.82) is 0 Å². The Hall–Kier alpha value is -1.85. The fourth-order valence-electron chi connectivity index (χ4n) is 2.27. The number of amides is 1. The van der Waals surface area contributed by atoms with E-state index in [1.807, 2.05) is 0 Å². The highest BCUT2D eigenvalue weighted by Crippen LogP contribution is 2.31. The molecule has 1 saturated carbocycles. The van der Waals surface area contributed by atoms with Crippen LogP contribution in [0, 0.1) is 11.8 Å². The summed E-state index contributed by atoms with van der Waals surface area (Å²) in [6, 6.07) is 0. The average molecular weight is 237 g/mol. The van der Waals surface area contributed by atoms with Crippen molar-refractivity contribution in [1.82, 2.24) is 15.3 Å². The van der Waals surface area contributed by atoms with Crippen molar-refractivity contribution in [2.45, 2.75) is 25.8 Å². The van der Waals surface area contributed by atoms with Gasteiger partial charge in [0.15, 0.2) is 0 Å². The van der Waals surface area contributed by atoms with Crippen LogP contribution >= 0.6 is 0 Å². The number of aliphatic carboxylic acids is 1. The first-order chi connectivity index (χ1) is 8.18. The first kappa shape index (κ1) is 11.6. The van der Waals surface area contributed by atoms with Crippen molar-refractivity contribution in [2.75, 3.05) is 0 Å². The number of H-pyrrole nitrogens is 1. The predicted molar refractivity (Wildman–Crippen MR) is 58.9 cm³/mol. The van der Waals surface area contributed by atoms with Gasteiger partial charge in [0.1, 0.15) is 5.82 Å². The van der Waals surface area contributed by atoms with Crippen LogP contribution in [0.5, 0.6) is 0 Å². The molecule has 0 bridgehead atoms. The highest BCUT2D eigenvalue weighted by atomic mass is 16.4. The second-order valence-electron chi connectivity index (χ2n) is 4.24. The monoisotopic (exact) mass is 237 g/mol. The number of aromatic amines is 1. The van der Waals surface area contributed by atoms with Crippen LogP contribution < -0.4 is 5.32 Å². The van der Waals surface area contributed by atoms with Gasteiger partial charge in [-0.2, -0.15) is 0 Å². The zero-order valence-corrected chi connectivity index (χ0v) is 9.35. The second kappa shape index (κ2) is 4.99. The van der Waals surface area contributed by atoms with Crippen molar-refractivity contribution >= 4 is 11.9 Å². The Morgan fingerprint density at radius 1 is 1.47 bits per heavy atom. The van der Waals surface area contributed by atoms with E-state index in [-0.39, 0.29) is 5.91 Å². The Kier molecular flexibility index (Phi) is 3.41. The van der Waals surface area contributed by atoms with Gasteiger partial charge in [0, 0.05) is 12.4 Å². The topological polar surface area (TPSA) is 95.1 Å². The standard InChI is InChI=1S/C11H15N3O3/c15-10(14-6-9-12-4-5-13-9)7-2-1-3-8(7)11(16)17/h4-5,7-8H,1-3,6H2,(H,12,13)(H,14,15)(H,16,17)/t7-,8+/m1/s1. The molecular weight excluding hydrogens is 222 g/mol. The molecule has 0 unspecified atom stereocenters. The lowest BCUT2D eigenvalue weighted by atomic mass is 9.95. The van der Waals surface area contributed by atoms with Crippen molar-refractivity contribution in [2.24, 2.45) is 11.8 Å². The number of rotatable bonds is 4. The van der Waals surface area contributed by atoms with E-state index in [0.717, 1.165) is 6.42 Å². The quantitative estimate of drug-likeness (QED) is 0.711. The number of carboxylic acids is 1. The Labute approximate surface area is 98.4 Å². The smallest absolute Gasteiger partial charge is 0.307 e. The largest absolute Gasteiger partial charge is 0.481 e. The summed E-state index contributed by atoms with van der Waals surface area (Å²) in [6.45, 7) is 0.314. The minimum absolute atomic E-state index is 0.189. The van der Waals surface area contributed by atoms with Gasteiger partial charge in [-0.15, -0.1) is 0 Å². The zero-order valence-electron chi connectivity index (χ0n) is 9.35. The number of hydrogen-bond donors (Lipinski definition) is 3. The SMILES string of the molecule is O=C(O)[C@H]1CCC[C@H]1C(=O)NCc1ncc[nH]1. The van der Waals surface area contributed by atoms with E-state index >= 15 is 0 Å². The van der Waals surface area contributed by atoms with Crippen LogP contribution in [-0.2, 0) is 16.1 Å². The maximum atomic E-state index is 11.8. The molecule has 0 saturated heterocycles. The van der Waals surface area contributed by atoms with Crippen LogP contribution in [0.3, 0.4) is 0 Å². The molecule has 6 heteroatoms. The number of carbonyl (C=O) groups excluding carboxylic acids is 1. The van der Waals surface area contributed by atoms with Gasteiger partial charge in [-0.1, -0.05) is 6.42 Å². The van der Waals surface area contributed by atoms with Crippen LogP contribution in [0.15, 0.2) is 12.4 Å². The van der Waals surface area contributed by atoms with Crippen LogP contribution in [0.1, 0.15) is 25.1 Å². The number of hydrogen-bond acceptors (Lipinski definition) is 3. The molecular formula is C11H15N3O3. The maximum Gasteiger partial charge on any atom is 0.307 e. The first-order valence-corrected chi connectivity index (χ1v) is 5.67. The summed E-state index contributed by atoms with van der Waals surface area (Å²) in [7, 11) is 0. The number of nitrogens with zero attached hydrogens (tertiary/aromatic N) is 1. The molecule has 1 aliphatic carbocycles. The summed E-state index contributed by atoms with van der Waals surface area (Å²) in [6.07, 6.45) is 5.33. The summed E-state index contributed by atoms with van der Waals surface area (Å²) in [5.74, 6) is -1.33. The van der Waals surface area contributed by atoms with E-state index in [0.29, 0.717) is 25.2 Å². The summed E-state index contributed by atoms with van der Waals surface area (Å²) >= 11 is 0. The second-order valence-corrected chi connectivity index (χ2v) is 4.24. The number of carbonyl (C=O) groups is 2. The Bertz CT molecular complexity index is 402. The molecule has 1 aliphatic rings. The lowest BCUT2D eigenvalue weighted by Crippen LogP contribution is -2.35. The van der Waals surface area contributed by atoms with Gasteiger partial charge in [0.2, 0.25) is 5.91 Å². The minimum atomic E-state index is -0.874. The van der Waals surface area contributed by atoms with Crippen molar-refractivity contribution < 1.29 is 14.7 Å². The molecule has 1 amide bonds. The number of carboxylic acid groups (broad SMARTS) is 1. The normalized spacial score (nSPS) is 23.5. The van der Waals surface area contributed by atoms with E-state index in [4.69, 9.17) is 5.11 Å². The highest BCUT2D eigenvalue weighted by molar-refractivity contribution is 5.85. The van der Waals surface area contributed by atoms with Gasteiger partial charge in [-0.3, -0.25) is 9.59 Å². The van der Waals surface area contributed by atoms with E-state index in [1.165, 1.54) is 0 Å². The van der Waals surface area contributed by atoms with E-state index in [1.54, 1.807) is 12.4 Å². The fourth-order valence-corrected chi connectivity index (χ4v) is 2.27. The molecule has 6 nitrogen and oxygen atoms in total. The van der Waals surface area contributed by atoms with Gasteiger partial charge in [0.25, 0.3) is 0 Å². The number of imidazole rings is 1. The first-order valence-electron chi connectivity index (χ1n) is 5.67. The molecule has 0 radical (unpaired) electrons.